The minimum Gasteiger partial charge on any atom is -0.445 e. The average Bonchev–Trinajstić information content (AvgIpc) is 2.40. The van der Waals surface area contributed by atoms with Gasteiger partial charge in [0.05, 0.1) is 0 Å². The highest BCUT2D eigenvalue weighted by Crippen LogP contribution is 2.11. The van der Waals surface area contributed by atoms with Gasteiger partial charge in [-0.3, -0.25) is 0 Å². The zero-order valence-electron chi connectivity index (χ0n) is 10.7. The Kier molecular flexibility index (Phi) is 4.59. The lowest BCUT2D eigenvalue weighted by Gasteiger charge is -2.29. The molecule has 0 saturated carbocycles. The van der Waals surface area contributed by atoms with Crippen molar-refractivity contribution in [2.24, 2.45) is 5.92 Å². The van der Waals surface area contributed by atoms with E-state index in [4.69, 9.17) is 4.74 Å². The van der Waals surface area contributed by atoms with Gasteiger partial charge in [-0.25, -0.2) is 4.79 Å². The van der Waals surface area contributed by atoms with E-state index in [-0.39, 0.29) is 12.1 Å². The van der Waals surface area contributed by atoms with Crippen LogP contribution in [-0.2, 0) is 11.3 Å². The lowest BCUT2D eigenvalue weighted by molar-refractivity contribution is 0.129. The topological polar surface area (TPSA) is 50.4 Å². The SMILES string of the molecule is CC1CCNCC1NC(=O)OCc1ccccc1. The van der Waals surface area contributed by atoms with Crippen molar-refractivity contribution in [1.82, 2.24) is 10.6 Å². The van der Waals surface area contributed by atoms with Crippen LogP contribution in [0.15, 0.2) is 30.3 Å². The molecule has 2 rings (SSSR count). The van der Waals surface area contributed by atoms with E-state index in [0.29, 0.717) is 12.5 Å². The standard InChI is InChI=1S/C14H20N2O2/c1-11-7-8-15-9-13(11)16-14(17)18-10-12-5-3-2-4-6-12/h2-6,11,13,15H,7-10H2,1H3,(H,16,17). The summed E-state index contributed by atoms with van der Waals surface area (Å²) in [6, 6.07) is 9.87. The van der Waals surface area contributed by atoms with Crippen LogP contribution in [0.1, 0.15) is 18.9 Å². The van der Waals surface area contributed by atoms with Gasteiger partial charge in [0.2, 0.25) is 0 Å². The fraction of sp³-hybridized carbons (Fsp3) is 0.500. The first-order valence-electron chi connectivity index (χ1n) is 6.43. The van der Waals surface area contributed by atoms with E-state index in [1.165, 1.54) is 0 Å². The molecule has 18 heavy (non-hydrogen) atoms. The Morgan fingerprint density at radius 3 is 2.94 bits per heavy atom. The summed E-state index contributed by atoms with van der Waals surface area (Å²) in [6.07, 6.45) is 0.753. The van der Waals surface area contributed by atoms with Crippen molar-refractivity contribution in [2.75, 3.05) is 13.1 Å². The number of piperidine rings is 1. The Hall–Kier alpha value is -1.55. The molecule has 1 aromatic rings. The molecule has 1 aliphatic rings. The molecule has 1 fully saturated rings. The molecule has 0 radical (unpaired) electrons. The van der Waals surface area contributed by atoms with Crippen molar-refractivity contribution in [3.8, 4) is 0 Å². The van der Waals surface area contributed by atoms with Gasteiger partial charge in [0.15, 0.2) is 0 Å². The fourth-order valence-electron chi connectivity index (χ4n) is 2.10. The molecule has 2 unspecified atom stereocenters. The number of alkyl carbamates (subject to hydrolysis) is 1. The summed E-state index contributed by atoms with van der Waals surface area (Å²) < 4.78 is 5.20. The van der Waals surface area contributed by atoms with Gasteiger partial charge in [0.1, 0.15) is 6.61 Å². The van der Waals surface area contributed by atoms with Gasteiger partial charge in [0.25, 0.3) is 0 Å². The molecule has 2 atom stereocenters. The van der Waals surface area contributed by atoms with Crippen LogP contribution in [0.25, 0.3) is 0 Å². The van der Waals surface area contributed by atoms with E-state index < -0.39 is 0 Å². The zero-order valence-corrected chi connectivity index (χ0v) is 10.7. The second-order valence-corrected chi connectivity index (χ2v) is 4.78. The molecule has 1 heterocycles. The molecule has 4 nitrogen and oxygen atoms in total. The van der Waals surface area contributed by atoms with Crippen LogP contribution in [0, 0.1) is 5.92 Å². The molecule has 1 amide bonds. The largest absolute Gasteiger partial charge is 0.445 e. The zero-order chi connectivity index (χ0) is 12.8. The lowest BCUT2D eigenvalue weighted by Crippen LogP contribution is -2.50. The van der Waals surface area contributed by atoms with Crippen molar-refractivity contribution in [3.63, 3.8) is 0 Å². The summed E-state index contributed by atoms with van der Waals surface area (Å²) in [5.41, 5.74) is 1.00. The minimum absolute atomic E-state index is 0.169. The molecule has 0 aromatic heterocycles. The third-order valence-electron chi connectivity index (χ3n) is 3.34. The summed E-state index contributed by atoms with van der Waals surface area (Å²) in [6.45, 7) is 4.32. The van der Waals surface area contributed by atoms with E-state index in [0.717, 1.165) is 25.1 Å². The monoisotopic (exact) mass is 248 g/mol. The fourth-order valence-corrected chi connectivity index (χ4v) is 2.10. The number of carbonyl (C=O) groups excluding carboxylic acids is 1. The van der Waals surface area contributed by atoms with Crippen LogP contribution in [0.5, 0.6) is 0 Å². The molecular weight excluding hydrogens is 228 g/mol. The molecule has 0 aliphatic carbocycles. The molecule has 2 N–H and O–H groups in total. The molecule has 1 aliphatic heterocycles. The Balaban J connectivity index is 1.75. The van der Waals surface area contributed by atoms with Crippen LogP contribution >= 0.6 is 0 Å². The van der Waals surface area contributed by atoms with E-state index in [1.54, 1.807) is 0 Å². The summed E-state index contributed by atoms with van der Waals surface area (Å²) in [4.78, 5) is 11.7. The molecular formula is C14H20N2O2. The Morgan fingerprint density at radius 1 is 1.44 bits per heavy atom. The highest BCUT2D eigenvalue weighted by molar-refractivity contribution is 5.67. The molecule has 98 valence electrons. The maximum Gasteiger partial charge on any atom is 0.407 e. The Morgan fingerprint density at radius 2 is 2.22 bits per heavy atom. The van der Waals surface area contributed by atoms with E-state index >= 15 is 0 Å². The van der Waals surface area contributed by atoms with Crippen molar-refractivity contribution < 1.29 is 9.53 Å². The van der Waals surface area contributed by atoms with E-state index in [2.05, 4.69) is 17.6 Å². The van der Waals surface area contributed by atoms with Crippen LogP contribution in [0.2, 0.25) is 0 Å². The number of carbonyl (C=O) groups is 1. The summed E-state index contributed by atoms with van der Waals surface area (Å²) in [5, 5.41) is 6.19. The Labute approximate surface area is 108 Å². The number of nitrogens with one attached hydrogen (secondary N) is 2. The highest BCUT2D eigenvalue weighted by atomic mass is 16.5. The lowest BCUT2D eigenvalue weighted by atomic mass is 9.95. The van der Waals surface area contributed by atoms with Gasteiger partial charge in [0, 0.05) is 12.6 Å². The summed E-state index contributed by atoms with van der Waals surface area (Å²) in [7, 11) is 0. The number of hydrogen-bond acceptors (Lipinski definition) is 3. The Bertz CT molecular complexity index is 381. The van der Waals surface area contributed by atoms with Crippen LogP contribution in [-0.4, -0.2) is 25.2 Å². The second kappa shape index (κ2) is 6.40. The van der Waals surface area contributed by atoms with Gasteiger partial charge < -0.3 is 15.4 Å². The summed E-state index contributed by atoms with van der Waals surface area (Å²) in [5.74, 6) is 0.496. The quantitative estimate of drug-likeness (QED) is 0.859. The van der Waals surface area contributed by atoms with Crippen LogP contribution < -0.4 is 10.6 Å². The van der Waals surface area contributed by atoms with Gasteiger partial charge in [-0.2, -0.15) is 0 Å². The van der Waals surface area contributed by atoms with Gasteiger partial charge in [-0.15, -0.1) is 0 Å². The van der Waals surface area contributed by atoms with Crippen molar-refractivity contribution >= 4 is 6.09 Å². The minimum atomic E-state index is -0.334. The van der Waals surface area contributed by atoms with Crippen LogP contribution in [0.3, 0.4) is 0 Å². The molecule has 1 aromatic carbocycles. The molecule has 0 spiro atoms. The molecule has 0 bridgehead atoms. The summed E-state index contributed by atoms with van der Waals surface area (Å²) >= 11 is 0. The maximum absolute atomic E-state index is 11.7. The van der Waals surface area contributed by atoms with Gasteiger partial charge >= 0.3 is 6.09 Å². The van der Waals surface area contributed by atoms with E-state index in [1.807, 2.05) is 30.3 Å². The van der Waals surface area contributed by atoms with Crippen molar-refractivity contribution in [2.45, 2.75) is 26.0 Å². The number of rotatable bonds is 3. The van der Waals surface area contributed by atoms with Crippen LogP contribution in [0.4, 0.5) is 4.79 Å². The average molecular weight is 248 g/mol. The van der Waals surface area contributed by atoms with Crippen molar-refractivity contribution in [1.29, 1.82) is 0 Å². The first kappa shape index (κ1) is 12.9. The first-order chi connectivity index (χ1) is 8.75. The predicted molar refractivity (Wildman–Crippen MR) is 70.2 cm³/mol. The maximum atomic E-state index is 11.7. The molecule has 4 heteroatoms. The van der Waals surface area contributed by atoms with Gasteiger partial charge in [-0.1, -0.05) is 37.3 Å². The third-order valence-corrected chi connectivity index (χ3v) is 3.34. The number of amides is 1. The third kappa shape index (κ3) is 3.74. The smallest absolute Gasteiger partial charge is 0.407 e. The second-order valence-electron chi connectivity index (χ2n) is 4.78. The molecule has 1 saturated heterocycles. The predicted octanol–water partition coefficient (Wildman–Crippen LogP) is 1.91. The number of benzene rings is 1. The first-order valence-corrected chi connectivity index (χ1v) is 6.43. The van der Waals surface area contributed by atoms with E-state index in [9.17, 15) is 4.79 Å². The normalized spacial score (nSPS) is 23.4. The number of ether oxygens (including phenoxy) is 1. The highest BCUT2D eigenvalue weighted by Gasteiger charge is 2.22. The number of hydrogen-bond donors (Lipinski definition) is 2. The van der Waals surface area contributed by atoms with Crippen molar-refractivity contribution in [3.05, 3.63) is 35.9 Å². The van der Waals surface area contributed by atoms with Gasteiger partial charge in [-0.05, 0) is 24.4 Å².